The van der Waals surface area contributed by atoms with Crippen molar-refractivity contribution >= 4 is 29.9 Å². The summed E-state index contributed by atoms with van der Waals surface area (Å²) >= 11 is 0. The normalized spacial score (nSPS) is 11.7. The molecule has 2 rings (SSSR count). The molecule has 5 nitrogen and oxygen atoms in total. The van der Waals surface area contributed by atoms with Gasteiger partial charge in [0.2, 0.25) is 0 Å². The number of rotatable bonds is 6. The van der Waals surface area contributed by atoms with Gasteiger partial charge in [0.15, 0.2) is 5.96 Å². The van der Waals surface area contributed by atoms with Crippen molar-refractivity contribution in [3.63, 3.8) is 0 Å². The predicted octanol–water partition coefficient (Wildman–Crippen LogP) is 3.96. The quantitative estimate of drug-likeness (QED) is 0.382. The van der Waals surface area contributed by atoms with Crippen molar-refractivity contribution in [3.8, 4) is 5.75 Å². The first-order chi connectivity index (χ1) is 11.9. The fourth-order valence-corrected chi connectivity index (χ4v) is 2.45. The van der Waals surface area contributed by atoms with Gasteiger partial charge in [0, 0.05) is 44.6 Å². The number of aliphatic imine (C=N–C) groups is 1. The average Bonchev–Trinajstić information content (AvgIpc) is 3.04. The number of aromatic nitrogens is 1. The molecule has 1 heterocycles. The third-order valence-electron chi connectivity index (χ3n) is 3.64. The topological polar surface area (TPSA) is 50.6 Å². The lowest BCUT2D eigenvalue weighted by Gasteiger charge is -2.24. The van der Waals surface area contributed by atoms with Crippen LogP contribution in [-0.2, 0) is 13.1 Å². The molecule has 0 fully saturated rings. The molecule has 2 N–H and O–H groups in total. The summed E-state index contributed by atoms with van der Waals surface area (Å²) in [5.41, 5.74) is 2.09. The highest BCUT2D eigenvalue weighted by Crippen LogP contribution is 2.24. The molecule has 144 valence electrons. The van der Waals surface area contributed by atoms with Gasteiger partial charge < -0.3 is 19.9 Å². The molecule has 0 saturated heterocycles. The summed E-state index contributed by atoms with van der Waals surface area (Å²) in [4.78, 5) is 4.29. The lowest BCUT2D eigenvalue weighted by molar-refractivity contribution is 0.129. The van der Waals surface area contributed by atoms with Crippen LogP contribution in [0, 0.1) is 6.92 Å². The van der Waals surface area contributed by atoms with Gasteiger partial charge in [-0.05, 0) is 51.5 Å². The molecule has 0 aliphatic carbocycles. The number of halogens is 1. The van der Waals surface area contributed by atoms with Gasteiger partial charge in [-0.15, -0.1) is 24.0 Å². The molecule has 0 radical (unpaired) electrons. The summed E-state index contributed by atoms with van der Waals surface area (Å²) < 4.78 is 8.24. The zero-order valence-corrected chi connectivity index (χ0v) is 18.7. The molecule has 26 heavy (non-hydrogen) atoms. The molecule has 0 unspecified atom stereocenters. The maximum atomic E-state index is 6.11. The van der Waals surface area contributed by atoms with Gasteiger partial charge in [0.05, 0.1) is 0 Å². The number of guanidine groups is 1. The van der Waals surface area contributed by atoms with Crippen LogP contribution >= 0.6 is 24.0 Å². The highest BCUT2D eigenvalue weighted by Gasteiger charge is 2.15. The third-order valence-corrected chi connectivity index (χ3v) is 3.64. The Hall–Kier alpha value is -1.70. The number of aryl methyl sites for hydroxylation is 1. The fraction of sp³-hybridized carbons (Fsp3) is 0.450. The Morgan fingerprint density at radius 3 is 2.46 bits per heavy atom. The Bertz CT molecular complexity index is 690. The number of hydrogen-bond acceptors (Lipinski definition) is 2. The monoisotopic (exact) mass is 470 g/mol. The molecule has 2 aromatic rings. The second-order valence-electron chi connectivity index (χ2n) is 7.10. The summed E-state index contributed by atoms with van der Waals surface area (Å²) in [5, 5.41) is 6.70. The molecular formula is C20H31IN4O. The summed E-state index contributed by atoms with van der Waals surface area (Å²) in [5.74, 6) is 1.71. The molecule has 0 spiro atoms. The molecule has 0 aliphatic rings. The SMILES string of the molecule is CN=C(NCCn1cccc1)NCc1ccc(C)cc1OC(C)(C)C.I. The molecule has 1 aromatic heterocycles. The second-order valence-corrected chi connectivity index (χ2v) is 7.10. The standard InChI is InChI=1S/C20H30N4O.HI/c1-16-8-9-17(18(14-16)25-20(2,3)4)15-23-19(21-5)22-10-13-24-11-6-7-12-24;/h6-9,11-12,14H,10,13,15H2,1-5H3,(H2,21,22,23);1H. The van der Waals surface area contributed by atoms with E-state index in [0.717, 1.165) is 30.4 Å². The maximum Gasteiger partial charge on any atom is 0.191 e. The largest absolute Gasteiger partial charge is 0.488 e. The first-order valence-corrected chi connectivity index (χ1v) is 8.71. The minimum absolute atomic E-state index is 0. The van der Waals surface area contributed by atoms with E-state index >= 15 is 0 Å². The minimum atomic E-state index is -0.223. The maximum absolute atomic E-state index is 6.11. The minimum Gasteiger partial charge on any atom is -0.488 e. The highest BCUT2D eigenvalue weighted by molar-refractivity contribution is 14.0. The molecule has 1 aromatic carbocycles. The first kappa shape index (κ1) is 22.3. The molecule has 0 bridgehead atoms. The van der Waals surface area contributed by atoms with Gasteiger partial charge in [-0.25, -0.2) is 0 Å². The van der Waals surface area contributed by atoms with Crippen molar-refractivity contribution in [1.29, 1.82) is 0 Å². The van der Waals surface area contributed by atoms with E-state index in [9.17, 15) is 0 Å². The Morgan fingerprint density at radius 2 is 1.85 bits per heavy atom. The van der Waals surface area contributed by atoms with Crippen LogP contribution in [0.1, 0.15) is 31.9 Å². The number of ether oxygens (including phenoxy) is 1. The van der Waals surface area contributed by atoms with Gasteiger partial charge in [0.25, 0.3) is 0 Å². The van der Waals surface area contributed by atoms with Crippen molar-refractivity contribution in [1.82, 2.24) is 15.2 Å². The smallest absolute Gasteiger partial charge is 0.191 e. The molecule has 0 aliphatic heterocycles. The average molecular weight is 470 g/mol. The Balaban J connectivity index is 0.00000338. The molecular weight excluding hydrogens is 439 g/mol. The van der Waals surface area contributed by atoms with Crippen molar-refractivity contribution in [3.05, 3.63) is 53.9 Å². The van der Waals surface area contributed by atoms with Crippen molar-refractivity contribution in [2.45, 2.75) is 46.4 Å². The fourth-order valence-electron chi connectivity index (χ4n) is 2.45. The Morgan fingerprint density at radius 1 is 1.15 bits per heavy atom. The van der Waals surface area contributed by atoms with Crippen LogP contribution in [0.3, 0.4) is 0 Å². The van der Waals surface area contributed by atoms with Crippen molar-refractivity contribution in [2.75, 3.05) is 13.6 Å². The van der Waals surface area contributed by atoms with Crippen LogP contribution in [0.15, 0.2) is 47.7 Å². The van der Waals surface area contributed by atoms with E-state index in [1.807, 2.05) is 12.1 Å². The summed E-state index contributed by atoms with van der Waals surface area (Å²) in [6.07, 6.45) is 4.11. The zero-order chi connectivity index (χ0) is 18.3. The van der Waals surface area contributed by atoms with Gasteiger partial charge in [0.1, 0.15) is 11.4 Å². The van der Waals surface area contributed by atoms with E-state index in [-0.39, 0.29) is 29.6 Å². The van der Waals surface area contributed by atoms with E-state index in [4.69, 9.17) is 4.74 Å². The van der Waals surface area contributed by atoms with Gasteiger partial charge in [-0.3, -0.25) is 4.99 Å². The van der Waals surface area contributed by atoms with Crippen LogP contribution in [0.4, 0.5) is 0 Å². The molecule has 0 amide bonds. The number of hydrogen-bond donors (Lipinski definition) is 2. The van der Waals surface area contributed by atoms with E-state index in [2.05, 4.69) is 78.5 Å². The van der Waals surface area contributed by atoms with Crippen LogP contribution in [0.5, 0.6) is 5.75 Å². The van der Waals surface area contributed by atoms with Gasteiger partial charge in [-0.1, -0.05) is 12.1 Å². The van der Waals surface area contributed by atoms with Gasteiger partial charge >= 0.3 is 0 Å². The predicted molar refractivity (Wildman–Crippen MR) is 120 cm³/mol. The summed E-state index contributed by atoms with van der Waals surface area (Å²) in [7, 11) is 1.78. The Kier molecular flexibility index (Phi) is 8.98. The van der Waals surface area contributed by atoms with Crippen molar-refractivity contribution in [2.24, 2.45) is 4.99 Å². The first-order valence-electron chi connectivity index (χ1n) is 8.71. The highest BCUT2D eigenvalue weighted by atomic mass is 127. The second kappa shape index (κ2) is 10.4. The molecule has 0 atom stereocenters. The van der Waals surface area contributed by atoms with Crippen molar-refractivity contribution < 1.29 is 4.74 Å². The Labute approximate surface area is 174 Å². The molecule has 0 saturated carbocycles. The van der Waals surface area contributed by atoms with E-state index in [1.54, 1.807) is 7.05 Å². The third kappa shape index (κ3) is 7.68. The van der Waals surface area contributed by atoms with Crippen LogP contribution in [0.25, 0.3) is 0 Å². The van der Waals surface area contributed by atoms with Crippen LogP contribution in [0.2, 0.25) is 0 Å². The van der Waals surface area contributed by atoms with Crippen LogP contribution < -0.4 is 15.4 Å². The van der Waals surface area contributed by atoms with E-state index in [0.29, 0.717) is 6.54 Å². The van der Waals surface area contributed by atoms with E-state index in [1.165, 1.54) is 5.56 Å². The van der Waals surface area contributed by atoms with Crippen LogP contribution in [-0.4, -0.2) is 29.7 Å². The zero-order valence-electron chi connectivity index (χ0n) is 16.4. The number of benzene rings is 1. The van der Waals surface area contributed by atoms with E-state index < -0.39 is 0 Å². The lowest BCUT2D eigenvalue weighted by Crippen LogP contribution is -2.38. The van der Waals surface area contributed by atoms with Gasteiger partial charge in [-0.2, -0.15) is 0 Å². The summed E-state index contributed by atoms with van der Waals surface area (Å²) in [6, 6.07) is 10.4. The number of nitrogens with one attached hydrogen (secondary N) is 2. The number of nitrogens with zero attached hydrogens (tertiary/aromatic N) is 2. The summed E-state index contributed by atoms with van der Waals surface area (Å²) in [6.45, 7) is 10.6. The molecule has 6 heteroatoms. The lowest BCUT2D eigenvalue weighted by atomic mass is 10.1.